The highest BCUT2D eigenvalue weighted by Crippen LogP contribution is 2.39. The van der Waals surface area contributed by atoms with E-state index in [0.29, 0.717) is 18.3 Å². The zero-order valence-corrected chi connectivity index (χ0v) is 11.5. The van der Waals surface area contributed by atoms with Crippen LogP contribution in [0, 0.1) is 5.92 Å². The zero-order valence-electron chi connectivity index (χ0n) is 10.8. The molecule has 0 heterocycles. The minimum Gasteiger partial charge on any atom is -0.359 e. The summed E-state index contributed by atoms with van der Waals surface area (Å²) in [6.45, 7) is 0. The standard InChI is InChI=1S/C15H20ClNO/c1-17-15(18)10-14(11-4-2-3-5-11)12-6-8-13(16)9-7-12/h6-9,11,14H,2-5,10H2,1H3,(H,17,18). The van der Waals surface area contributed by atoms with Crippen LogP contribution in [0.4, 0.5) is 0 Å². The summed E-state index contributed by atoms with van der Waals surface area (Å²) in [4.78, 5) is 11.7. The van der Waals surface area contributed by atoms with Gasteiger partial charge >= 0.3 is 0 Å². The molecule has 0 spiro atoms. The number of amides is 1. The molecule has 1 saturated carbocycles. The SMILES string of the molecule is CNC(=O)CC(c1ccc(Cl)cc1)C1CCCC1. The lowest BCUT2D eigenvalue weighted by molar-refractivity contribution is -0.121. The summed E-state index contributed by atoms with van der Waals surface area (Å²) in [5.74, 6) is 1.11. The third-order valence-electron chi connectivity index (χ3n) is 3.95. The Hall–Kier alpha value is -1.02. The van der Waals surface area contributed by atoms with Gasteiger partial charge in [-0.1, -0.05) is 36.6 Å². The second-order valence-electron chi connectivity index (χ2n) is 5.08. The van der Waals surface area contributed by atoms with Crippen LogP contribution in [0.25, 0.3) is 0 Å². The third-order valence-corrected chi connectivity index (χ3v) is 4.20. The molecule has 0 saturated heterocycles. The van der Waals surface area contributed by atoms with Crippen molar-refractivity contribution in [2.75, 3.05) is 7.05 Å². The van der Waals surface area contributed by atoms with Crippen molar-refractivity contribution in [3.05, 3.63) is 34.9 Å². The fourth-order valence-corrected chi connectivity index (χ4v) is 3.05. The van der Waals surface area contributed by atoms with E-state index in [4.69, 9.17) is 11.6 Å². The van der Waals surface area contributed by atoms with Crippen molar-refractivity contribution < 1.29 is 4.79 Å². The molecule has 1 N–H and O–H groups in total. The van der Waals surface area contributed by atoms with Crippen LogP contribution < -0.4 is 5.32 Å². The van der Waals surface area contributed by atoms with Gasteiger partial charge in [-0.25, -0.2) is 0 Å². The molecule has 1 aliphatic rings. The molecule has 1 aliphatic carbocycles. The van der Waals surface area contributed by atoms with Crippen molar-refractivity contribution in [2.24, 2.45) is 5.92 Å². The predicted molar refractivity (Wildman–Crippen MR) is 74.8 cm³/mol. The average molecular weight is 266 g/mol. The number of rotatable bonds is 4. The maximum atomic E-state index is 11.7. The summed E-state index contributed by atoms with van der Waals surface area (Å²) in [6, 6.07) is 7.97. The molecule has 3 heteroatoms. The largest absolute Gasteiger partial charge is 0.359 e. The van der Waals surface area contributed by atoms with E-state index in [2.05, 4.69) is 17.4 Å². The number of halogens is 1. The Labute approximate surface area is 114 Å². The van der Waals surface area contributed by atoms with E-state index < -0.39 is 0 Å². The molecular weight excluding hydrogens is 246 g/mol. The molecule has 1 atom stereocenters. The number of hydrogen-bond acceptors (Lipinski definition) is 1. The Morgan fingerprint density at radius 3 is 2.50 bits per heavy atom. The monoisotopic (exact) mass is 265 g/mol. The third kappa shape index (κ3) is 3.26. The summed E-state index contributed by atoms with van der Waals surface area (Å²) in [7, 11) is 1.70. The maximum Gasteiger partial charge on any atom is 0.220 e. The van der Waals surface area contributed by atoms with Gasteiger partial charge in [0.1, 0.15) is 0 Å². The molecule has 1 aromatic rings. The van der Waals surface area contributed by atoms with Gasteiger partial charge in [-0.3, -0.25) is 4.79 Å². The van der Waals surface area contributed by atoms with E-state index in [0.717, 1.165) is 5.02 Å². The van der Waals surface area contributed by atoms with Gasteiger partial charge < -0.3 is 5.32 Å². The van der Waals surface area contributed by atoms with Crippen LogP contribution in [0.3, 0.4) is 0 Å². The number of benzene rings is 1. The van der Waals surface area contributed by atoms with Crippen molar-refractivity contribution in [2.45, 2.75) is 38.0 Å². The highest BCUT2D eigenvalue weighted by molar-refractivity contribution is 6.30. The van der Waals surface area contributed by atoms with Gasteiger partial charge in [-0.15, -0.1) is 0 Å². The number of nitrogens with one attached hydrogen (secondary N) is 1. The summed E-state index contributed by atoms with van der Waals surface area (Å²) in [5.41, 5.74) is 1.25. The molecule has 1 aromatic carbocycles. The molecule has 2 rings (SSSR count). The zero-order chi connectivity index (χ0) is 13.0. The summed E-state index contributed by atoms with van der Waals surface area (Å²) >= 11 is 5.93. The Bertz CT molecular complexity index is 395. The van der Waals surface area contributed by atoms with Gasteiger partial charge in [-0.05, 0) is 42.4 Å². The first kappa shape index (κ1) is 13.4. The highest BCUT2D eigenvalue weighted by atomic mass is 35.5. The smallest absolute Gasteiger partial charge is 0.220 e. The van der Waals surface area contributed by atoms with Crippen LogP contribution in [0.15, 0.2) is 24.3 Å². The van der Waals surface area contributed by atoms with Crippen molar-refractivity contribution in [1.82, 2.24) is 5.32 Å². The van der Waals surface area contributed by atoms with E-state index >= 15 is 0 Å². The van der Waals surface area contributed by atoms with Crippen molar-refractivity contribution in [3.8, 4) is 0 Å². The minimum absolute atomic E-state index is 0.127. The number of carbonyl (C=O) groups is 1. The average Bonchev–Trinajstić information content (AvgIpc) is 2.90. The molecule has 2 nitrogen and oxygen atoms in total. The normalized spacial score (nSPS) is 17.7. The van der Waals surface area contributed by atoms with Gasteiger partial charge in [0.25, 0.3) is 0 Å². The maximum absolute atomic E-state index is 11.7. The topological polar surface area (TPSA) is 29.1 Å². The second-order valence-corrected chi connectivity index (χ2v) is 5.52. The molecule has 0 radical (unpaired) electrons. The first-order valence-electron chi connectivity index (χ1n) is 6.66. The Morgan fingerprint density at radius 1 is 1.33 bits per heavy atom. The molecular formula is C15H20ClNO. The Morgan fingerprint density at radius 2 is 1.94 bits per heavy atom. The predicted octanol–water partition coefficient (Wildman–Crippen LogP) is 3.75. The van der Waals surface area contributed by atoms with E-state index in [1.165, 1.54) is 31.2 Å². The second kappa shape index (κ2) is 6.24. The molecule has 18 heavy (non-hydrogen) atoms. The van der Waals surface area contributed by atoms with E-state index in [1.807, 2.05) is 12.1 Å². The molecule has 0 bridgehead atoms. The lowest BCUT2D eigenvalue weighted by Gasteiger charge is -2.23. The van der Waals surface area contributed by atoms with Crippen molar-refractivity contribution in [1.29, 1.82) is 0 Å². The number of carbonyl (C=O) groups excluding carboxylic acids is 1. The van der Waals surface area contributed by atoms with Crippen LogP contribution in [0.2, 0.25) is 5.02 Å². The van der Waals surface area contributed by atoms with Gasteiger partial charge in [-0.2, -0.15) is 0 Å². The fourth-order valence-electron chi connectivity index (χ4n) is 2.93. The number of hydrogen-bond donors (Lipinski definition) is 1. The van der Waals surface area contributed by atoms with Crippen LogP contribution in [-0.2, 0) is 4.79 Å². The van der Waals surface area contributed by atoms with Gasteiger partial charge in [0.05, 0.1) is 0 Å². The van der Waals surface area contributed by atoms with E-state index in [-0.39, 0.29) is 5.91 Å². The van der Waals surface area contributed by atoms with Gasteiger partial charge in [0.15, 0.2) is 0 Å². The Balaban J connectivity index is 2.17. The van der Waals surface area contributed by atoms with Crippen LogP contribution >= 0.6 is 11.6 Å². The van der Waals surface area contributed by atoms with E-state index in [1.54, 1.807) is 7.05 Å². The molecule has 98 valence electrons. The fraction of sp³-hybridized carbons (Fsp3) is 0.533. The summed E-state index contributed by atoms with van der Waals surface area (Å²) in [5, 5.41) is 3.49. The van der Waals surface area contributed by atoms with Crippen LogP contribution in [-0.4, -0.2) is 13.0 Å². The van der Waals surface area contributed by atoms with Gasteiger partial charge in [0.2, 0.25) is 5.91 Å². The lowest BCUT2D eigenvalue weighted by Crippen LogP contribution is -2.23. The Kier molecular flexibility index (Phi) is 4.65. The first-order chi connectivity index (χ1) is 8.70. The molecule has 0 aromatic heterocycles. The van der Waals surface area contributed by atoms with Crippen LogP contribution in [0.1, 0.15) is 43.6 Å². The van der Waals surface area contributed by atoms with Gasteiger partial charge in [0, 0.05) is 18.5 Å². The lowest BCUT2D eigenvalue weighted by atomic mass is 9.82. The highest BCUT2D eigenvalue weighted by Gasteiger charge is 2.27. The van der Waals surface area contributed by atoms with Crippen LogP contribution in [0.5, 0.6) is 0 Å². The molecule has 0 aliphatic heterocycles. The van der Waals surface area contributed by atoms with E-state index in [9.17, 15) is 4.79 Å². The molecule has 1 amide bonds. The quantitative estimate of drug-likeness (QED) is 0.883. The first-order valence-corrected chi connectivity index (χ1v) is 7.04. The minimum atomic E-state index is 0.127. The van der Waals surface area contributed by atoms with Crippen molar-refractivity contribution in [3.63, 3.8) is 0 Å². The molecule has 1 unspecified atom stereocenters. The van der Waals surface area contributed by atoms with Crippen molar-refractivity contribution >= 4 is 17.5 Å². The molecule has 1 fully saturated rings. The summed E-state index contributed by atoms with van der Waals surface area (Å²) < 4.78 is 0. The summed E-state index contributed by atoms with van der Waals surface area (Å²) in [6.07, 6.45) is 5.66.